The Morgan fingerprint density at radius 1 is 1.53 bits per heavy atom. The number of hydrogen-bond donors (Lipinski definition) is 2. The van der Waals surface area contributed by atoms with Crippen molar-refractivity contribution in [3.05, 3.63) is 24.2 Å². The third kappa shape index (κ3) is 2.07. The molecule has 0 amide bonds. The molecule has 84 valence electrons. The minimum atomic E-state index is -0.225. The quantitative estimate of drug-likeness (QED) is 0.589. The zero-order chi connectivity index (χ0) is 10.7. The van der Waals surface area contributed by atoms with Gasteiger partial charge in [0.2, 0.25) is 0 Å². The van der Waals surface area contributed by atoms with Gasteiger partial charge in [-0.2, -0.15) is 0 Å². The zero-order valence-electron chi connectivity index (χ0n) is 9.03. The predicted octanol–water partition coefficient (Wildman–Crippen LogP) is 1.74. The largest absolute Gasteiger partial charge is 0.472 e. The van der Waals surface area contributed by atoms with Crippen molar-refractivity contribution in [1.82, 2.24) is 5.43 Å². The Labute approximate surface area is 89.7 Å². The van der Waals surface area contributed by atoms with E-state index < -0.39 is 0 Å². The molecule has 0 spiro atoms. The first-order valence-electron chi connectivity index (χ1n) is 5.38. The van der Waals surface area contributed by atoms with Gasteiger partial charge < -0.3 is 9.15 Å². The molecule has 2 unspecified atom stereocenters. The molecule has 1 fully saturated rings. The Hall–Kier alpha value is -0.840. The fourth-order valence-electron chi connectivity index (χ4n) is 2.25. The molecular formula is C11H18N2O2. The van der Waals surface area contributed by atoms with Crippen molar-refractivity contribution in [1.29, 1.82) is 0 Å². The molecule has 2 atom stereocenters. The summed E-state index contributed by atoms with van der Waals surface area (Å²) < 4.78 is 10.9. The third-order valence-electron chi connectivity index (χ3n) is 3.15. The van der Waals surface area contributed by atoms with Gasteiger partial charge in [-0.25, -0.2) is 5.43 Å². The SMILES string of the molecule is CC1(C(NN)c2ccoc2)CCCCO1. The van der Waals surface area contributed by atoms with Crippen LogP contribution in [0.15, 0.2) is 23.0 Å². The van der Waals surface area contributed by atoms with Crippen LogP contribution in [0.3, 0.4) is 0 Å². The summed E-state index contributed by atoms with van der Waals surface area (Å²) in [4.78, 5) is 0. The van der Waals surface area contributed by atoms with Gasteiger partial charge in [-0.1, -0.05) is 0 Å². The van der Waals surface area contributed by atoms with E-state index in [1.54, 1.807) is 12.5 Å². The lowest BCUT2D eigenvalue weighted by molar-refractivity contribution is -0.0899. The average Bonchev–Trinajstić information content (AvgIpc) is 2.73. The van der Waals surface area contributed by atoms with Gasteiger partial charge in [0.1, 0.15) is 0 Å². The van der Waals surface area contributed by atoms with Gasteiger partial charge in [0.15, 0.2) is 0 Å². The lowest BCUT2D eigenvalue weighted by Crippen LogP contribution is -2.48. The van der Waals surface area contributed by atoms with Gasteiger partial charge in [-0.05, 0) is 32.3 Å². The van der Waals surface area contributed by atoms with Crippen LogP contribution in [0.1, 0.15) is 37.8 Å². The highest BCUT2D eigenvalue weighted by Gasteiger charge is 2.37. The Balaban J connectivity index is 2.18. The standard InChI is InChI=1S/C11H18N2O2/c1-11(5-2-3-6-15-11)10(13-12)9-4-7-14-8-9/h4,7-8,10,13H,2-3,5-6,12H2,1H3. The minimum absolute atomic E-state index is 0.00319. The maximum Gasteiger partial charge on any atom is 0.0952 e. The van der Waals surface area contributed by atoms with Crippen LogP contribution >= 0.6 is 0 Å². The van der Waals surface area contributed by atoms with E-state index in [2.05, 4.69) is 12.3 Å². The van der Waals surface area contributed by atoms with Gasteiger partial charge in [-0.15, -0.1) is 0 Å². The molecule has 2 heterocycles. The fourth-order valence-corrected chi connectivity index (χ4v) is 2.25. The van der Waals surface area contributed by atoms with Crippen LogP contribution < -0.4 is 11.3 Å². The lowest BCUT2D eigenvalue weighted by Gasteiger charge is -2.39. The Morgan fingerprint density at radius 2 is 2.40 bits per heavy atom. The smallest absolute Gasteiger partial charge is 0.0952 e. The number of furan rings is 1. The van der Waals surface area contributed by atoms with Crippen molar-refractivity contribution in [2.75, 3.05) is 6.61 Å². The van der Waals surface area contributed by atoms with Crippen molar-refractivity contribution in [3.8, 4) is 0 Å². The van der Waals surface area contributed by atoms with E-state index in [9.17, 15) is 0 Å². The molecule has 1 saturated heterocycles. The predicted molar refractivity (Wildman–Crippen MR) is 57.0 cm³/mol. The van der Waals surface area contributed by atoms with Crippen LogP contribution in [-0.2, 0) is 4.74 Å². The molecule has 1 aliphatic heterocycles. The highest BCUT2D eigenvalue weighted by molar-refractivity contribution is 5.16. The zero-order valence-corrected chi connectivity index (χ0v) is 9.03. The number of nitrogens with two attached hydrogens (primary N) is 1. The second kappa shape index (κ2) is 4.35. The van der Waals surface area contributed by atoms with Gasteiger partial charge in [-0.3, -0.25) is 5.84 Å². The van der Waals surface area contributed by atoms with Crippen molar-refractivity contribution in [2.45, 2.75) is 37.8 Å². The first-order chi connectivity index (χ1) is 7.26. The first-order valence-corrected chi connectivity index (χ1v) is 5.38. The van der Waals surface area contributed by atoms with Crippen LogP contribution in [0.2, 0.25) is 0 Å². The van der Waals surface area contributed by atoms with Gasteiger partial charge in [0.05, 0.1) is 24.2 Å². The molecule has 0 aliphatic carbocycles. The molecule has 1 aromatic heterocycles. The number of rotatable bonds is 3. The Morgan fingerprint density at radius 3 is 2.93 bits per heavy atom. The summed E-state index contributed by atoms with van der Waals surface area (Å²) in [6, 6.07) is 1.92. The molecule has 4 heteroatoms. The molecule has 1 aromatic rings. The van der Waals surface area contributed by atoms with Gasteiger partial charge in [0.25, 0.3) is 0 Å². The first kappa shape index (κ1) is 10.7. The summed E-state index contributed by atoms with van der Waals surface area (Å²) >= 11 is 0. The summed E-state index contributed by atoms with van der Waals surface area (Å²) in [5.41, 5.74) is 3.65. The van der Waals surface area contributed by atoms with Crippen LogP contribution in [0, 0.1) is 0 Å². The van der Waals surface area contributed by atoms with Crippen molar-refractivity contribution in [2.24, 2.45) is 5.84 Å². The summed E-state index contributed by atoms with van der Waals surface area (Å²) in [5.74, 6) is 5.61. The number of ether oxygens (including phenoxy) is 1. The van der Waals surface area contributed by atoms with Crippen LogP contribution in [-0.4, -0.2) is 12.2 Å². The molecule has 0 bridgehead atoms. The van der Waals surface area contributed by atoms with Crippen molar-refractivity contribution in [3.63, 3.8) is 0 Å². The molecule has 0 radical (unpaired) electrons. The molecular weight excluding hydrogens is 192 g/mol. The lowest BCUT2D eigenvalue weighted by atomic mass is 9.85. The van der Waals surface area contributed by atoms with E-state index in [-0.39, 0.29) is 11.6 Å². The molecule has 4 nitrogen and oxygen atoms in total. The van der Waals surface area contributed by atoms with Gasteiger partial charge >= 0.3 is 0 Å². The summed E-state index contributed by atoms with van der Waals surface area (Å²) in [6.45, 7) is 2.91. The van der Waals surface area contributed by atoms with E-state index in [4.69, 9.17) is 15.0 Å². The maximum atomic E-state index is 5.86. The van der Waals surface area contributed by atoms with Crippen LogP contribution in [0.5, 0.6) is 0 Å². The summed E-state index contributed by atoms with van der Waals surface area (Å²) in [5, 5.41) is 0. The van der Waals surface area contributed by atoms with Gasteiger partial charge in [0, 0.05) is 12.2 Å². The normalized spacial score (nSPS) is 28.9. The molecule has 15 heavy (non-hydrogen) atoms. The average molecular weight is 210 g/mol. The topological polar surface area (TPSA) is 60.4 Å². The molecule has 0 saturated carbocycles. The number of nitrogens with one attached hydrogen (secondary N) is 1. The fraction of sp³-hybridized carbons (Fsp3) is 0.636. The minimum Gasteiger partial charge on any atom is -0.472 e. The Bertz CT molecular complexity index is 292. The number of hydrazine groups is 1. The third-order valence-corrected chi connectivity index (χ3v) is 3.15. The highest BCUT2D eigenvalue weighted by Crippen LogP contribution is 2.36. The van der Waals surface area contributed by atoms with Crippen LogP contribution in [0.25, 0.3) is 0 Å². The molecule has 1 aliphatic rings. The molecule has 3 N–H and O–H groups in total. The van der Waals surface area contributed by atoms with E-state index >= 15 is 0 Å². The monoisotopic (exact) mass is 210 g/mol. The summed E-state index contributed by atoms with van der Waals surface area (Å²) in [7, 11) is 0. The van der Waals surface area contributed by atoms with E-state index in [1.807, 2.05) is 6.07 Å². The number of hydrogen-bond acceptors (Lipinski definition) is 4. The maximum absolute atomic E-state index is 5.86. The second-order valence-corrected chi connectivity index (χ2v) is 4.27. The van der Waals surface area contributed by atoms with E-state index in [1.165, 1.54) is 6.42 Å². The molecule has 2 rings (SSSR count). The molecule has 0 aromatic carbocycles. The van der Waals surface area contributed by atoms with E-state index in [0.29, 0.717) is 0 Å². The Kier molecular flexibility index (Phi) is 3.09. The van der Waals surface area contributed by atoms with Crippen molar-refractivity contribution < 1.29 is 9.15 Å². The highest BCUT2D eigenvalue weighted by atomic mass is 16.5. The second-order valence-electron chi connectivity index (χ2n) is 4.27. The van der Waals surface area contributed by atoms with E-state index in [0.717, 1.165) is 25.0 Å². The summed E-state index contributed by atoms with van der Waals surface area (Å²) in [6.07, 6.45) is 6.72. The van der Waals surface area contributed by atoms with Crippen LogP contribution in [0.4, 0.5) is 0 Å². The van der Waals surface area contributed by atoms with Crippen molar-refractivity contribution >= 4 is 0 Å².